The van der Waals surface area contributed by atoms with Crippen molar-refractivity contribution in [2.45, 2.75) is 6.54 Å². The van der Waals surface area contributed by atoms with E-state index in [-0.39, 0.29) is 12.4 Å². The molecule has 8 heteroatoms. The van der Waals surface area contributed by atoms with E-state index in [1.165, 1.54) is 6.07 Å². The second-order valence-electron chi connectivity index (χ2n) is 3.99. The maximum atomic E-state index is 13.7. The minimum atomic E-state index is -0.533. The van der Waals surface area contributed by atoms with Crippen LogP contribution in [0.25, 0.3) is 0 Å². The summed E-state index contributed by atoms with van der Waals surface area (Å²) in [6, 6.07) is 4.29. The normalized spacial score (nSPS) is 11.6. The Hall–Kier alpha value is -2.19. The second kappa shape index (κ2) is 8.08. The largest absolute Gasteiger partial charge is 0.409 e. The van der Waals surface area contributed by atoms with E-state index in [9.17, 15) is 9.18 Å². The van der Waals surface area contributed by atoms with Gasteiger partial charge in [0.2, 0.25) is 5.91 Å². The molecule has 110 valence electrons. The molecular formula is C12H17FN4O3. The van der Waals surface area contributed by atoms with Gasteiger partial charge >= 0.3 is 0 Å². The summed E-state index contributed by atoms with van der Waals surface area (Å²) in [5, 5.41) is 14.2. The van der Waals surface area contributed by atoms with Crippen molar-refractivity contribution in [2.24, 2.45) is 16.6 Å². The molecule has 0 aliphatic rings. The van der Waals surface area contributed by atoms with Crippen LogP contribution in [-0.4, -0.2) is 36.7 Å². The number of carbonyl (C=O) groups is 1. The maximum Gasteiger partial charge on any atom is 0.243 e. The fourth-order valence-corrected chi connectivity index (χ4v) is 1.45. The van der Waals surface area contributed by atoms with Crippen LogP contribution in [0, 0.1) is 5.82 Å². The van der Waals surface area contributed by atoms with Crippen LogP contribution in [0.3, 0.4) is 0 Å². The maximum absolute atomic E-state index is 13.7. The number of nitrogens with two attached hydrogens (primary N) is 2. The Morgan fingerprint density at radius 3 is 2.80 bits per heavy atom. The number of carbonyl (C=O) groups excluding carboxylic acids is 1. The van der Waals surface area contributed by atoms with Gasteiger partial charge in [-0.1, -0.05) is 17.3 Å². The highest BCUT2D eigenvalue weighted by molar-refractivity contribution is 5.97. The van der Waals surface area contributed by atoms with Gasteiger partial charge in [-0.15, -0.1) is 0 Å². The third kappa shape index (κ3) is 5.21. The number of hydrogen-bond acceptors (Lipinski definition) is 5. The summed E-state index contributed by atoms with van der Waals surface area (Å²) in [5.41, 5.74) is 11.0. The SMILES string of the molecule is NC(=O)COCCNCc1ccc(/C(N)=N/O)cc1F. The molecule has 0 heterocycles. The highest BCUT2D eigenvalue weighted by atomic mass is 19.1. The Morgan fingerprint density at radius 2 is 2.20 bits per heavy atom. The van der Waals surface area contributed by atoms with Crippen molar-refractivity contribution < 1.29 is 19.1 Å². The zero-order valence-electron chi connectivity index (χ0n) is 10.8. The fourth-order valence-electron chi connectivity index (χ4n) is 1.45. The number of amides is 1. The van der Waals surface area contributed by atoms with Crippen molar-refractivity contribution in [3.63, 3.8) is 0 Å². The van der Waals surface area contributed by atoms with E-state index >= 15 is 0 Å². The average molecular weight is 284 g/mol. The van der Waals surface area contributed by atoms with Crippen LogP contribution in [0.2, 0.25) is 0 Å². The first kappa shape index (κ1) is 15.9. The summed E-state index contributed by atoms with van der Waals surface area (Å²) >= 11 is 0. The molecule has 6 N–H and O–H groups in total. The van der Waals surface area contributed by atoms with Gasteiger partial charge in [-0.25, -0.2) is 4.39 Å². The first-order valence-corrected chi connectivity index (χ1v) is 5.87. The van der Waals surface area contributed by atoms with Gasteiger partial charge in [-0.05, 0) is 6.07 Å². The quantitative estimate of drug-likeness (QED) is 0.169. The highest BCUT2D eigenvalue weighted by Crippen LogP contribution is 2.10. The van der Waals surface area contributed by atoms with Gasteiger partial charge in [-0.3, -0.25) is 4.79 Å². The number of nitrogens with one attached hydrogen (secondary N) is 1. The molecule has 1 aromatic rings. The predicted molar refractivity (Wildman–Crippen MR) is 70.6 cm³/mol. The minimum absolute atomic E-state index is 0.134. The molecule has 0 atom stereocenters. The van der Waals surface area contributed by atoms with E-state index < -0.39 is 11.7 Å². The number of oxime groups is 1. The minimum Gasteiger partial charge on any atom is -0.409 e. The first-order valence-electron chi connectivity index (χ1n) is 5.87. The van der Waals surface area contributed by atoms with Crippen molar-refractivity contribution in [2.75, 3.05) is 19.8 Å². The van der Waals surface area contributed by atoms with E-state index in [4.69, 9.17) is 21.4 Å². The molecule has 0 radical (unpaired) electrons. The standard InChI is InChI=1S/C12H17FN4O3/c13-10-5-8(12(15)17-19)1-2-9(10)6-16-3-4-20-7-11(14)18/h1-2,5,16,19H,3-4,6-7H2,(H2,14,18)(H2,15,17). The van der Waals surface area contributed by atoms with Gasteiger partial charge < -0.3 is 26.7 Å². The van der Waals surface area contributed by atoms with Gasteiger partial charge in [0.05, 0.1) is 6.61 Å². The van der Waals surface area contributed by atoms with E-state index in [2.05, 4.69) is 10.5 Å². The van der Waals surface area contributed by atoms with Crippen molar-refractivity contribution in [3.05, 3.63) is 35.1 Å². The lowest BCUT2D eigenvalue weighted by atomic mass is 10.1. The molecule has 0 bridgehead atoms. The van der Waals surface area contributed by atoms with E-state index in [0.29, 0.717) is 30.8 Å². The summed E-state index contributed by atoms with van der Waals surface area (Å²) in [7, 11) is 0. The summed E-state index contributed by atoms with van der Waals surface area (Å²) in [4.78, 5) is 10.4. The number of rotatable bonds is 8. The zero-order valence-corrected chi connectivity index (χ0v) is 10.8. The number of halogens is 1. The van der Waals surface area contributed by atoms with Gasteiger partial charge in [0.1, 0.15) is 12.4 Å². The van der Waals surface area contributed by atoms with Gasteiger partial charge in [-0.2, -0.15) is 0 Å². The highest BCUT2D eigenvalue weighted by Gasteiger charge is 2.06. The number of primary amides is 1. The second-order valence-corrected chi connectivity index (χ2v) is 3.99. The molecule has 20 heavy (non-hydrogen) atoms. The molecule has 0 unspecified atom stereocenters. The molecule has 0 fully saturated rings. The molecule has 0 spiro atoms. The topological polar surface area (TPSA) is 123 Å². The lowest BCUT2D eigenvalue weighted by molar-refractivity contribution is -0.122. The first-order chi connectivity index (χ1) is 9.54. The number of ether oxygens (including phenoxy) is 1. The molecule has 1 aromatic carbocycles. The molecular weight excluding hydrogens is 267 g/mol. The molecule has 1 amide bonds. The Labute approximate surface area is 115 Å². The van der Waals surface area contributed by atoms with Crippen LogP contribution < -0.4 is 16.8 Å². The molecule has 7 nitrogen and oxygen atoms in total. The number of nitrogens with zero attached hydrogens (tertiary/aromatic N) is 1. The Kier molecular flexibility index (Phi) is 6.41. The van der Waals surface area contributed by atoms with Crippen molar-refractivity contribution >= 4 is 11.7 Å². The van der Waals surface area contributed by atoms with Crippen LogP contribution >= 0.6 is 0 Å². The molecule has 0 saturated carbocycles. The average Bonchev–Trinajstić information content (AvgIpc) is 2.42. The van der Waals surface area contributed by atoms with Gasteiger partial charge in [0.25, 0.3) is 0 Å². The Morgan fingerprint density at radius 1 is 1.45 bits per heavy atom. The molecule has 0 aliphatic heterocycles. The summed E-state index contributed by atoms with van der Waals surface area (Å²) in [6.45, 7) is 0.911. The van der Waals surface area contributed by atoms with Crippen LogP contribution in [0.1, 0.15) is 11.1 Å². The van der Waals surface area contributed by atoms with Crippen molar-refractivity contribution in [3.8, 4) is 0 Å². The van der Waals surface area contributed by atoms with Gasteiger partial charge in [0, 0.05) is 24.2 Å². The van der Waals surface area contributed by atoms with E-state index in [0.717, 1.165) is 0 Å². The summed E-state index contributed by atoms with van der Waals surface area (Å²) in [6.07, 6.45) is 0. The Balaban J connectivity index is 2.39. The molecule has 0 aromatic heterocycles. The summed E-state index contributed by atoms with van der Waals surface area (Å²) < 4.78 is 18.6. The third-order valence-electron chi connectivity index (χ3n) is 2.44. The monoisotopic (exact) mass is 284 g/mol. The molecule has 0 aliphatic carbocycles. The number of hydrogen-bond donors (Lipinski definition) is 4. The zero-order chi connectivity index (χ0) is 15.0. The number of benzene rings is 1. The van der Waals surface area contributed by atoms with Gasteiger partial charge in [0.15, 0.2) is 5.84 Å². The van der Waals surface area contributed by atoms with Crippen molar-refractivity contribution in [1.82, 2.24) is 5.32 Å². The van der Waals surface area contributed by atoms with Crippen LogP contribution in [0.4, 0.5) is 4.39 Å². The number of amidine groups is 1. The van der Waals surface area contributed by atoms with E-state index in [1.807, 2.05) is 0 Å². The van der Waals surface area contributed by atoms with E-state index in [1.54, 1.807) is 12.1 Å². The predicted octanol–water partition coefficient (Wildman–Crippen LogP) is -0.488. The molecule has 1 rings (SSSR count). The Bertz CT molecular complexity index is 494. The smallest absolute Gasteiger partial charge is 0.243 e. The summed E-state index contributed by atoms with van der Waals surface area (Å²) in [5.74, 6) is -1.14. The third-order valence-corrected chi connectivity index (χ3v) is 2.44. The van der Waals surface area contributed by atoms with Crippen LogP contribution in [-0.2, 0) is 16.1 Å². The molecule has 0 saturated heterocycles. The van der Waals surface area contributed by atoms with Crippen LogP contribution in [0.15, 0.2) is 23.4 Å². The lowest BCUT2D eigenvalue weighted by Crippen LogP contribution is -2.24. The van der Waals surface area contributed by atoms with Crippen LogP contribution in [0.5, 0.6) is 0 Å². The fraction of sp³-hybridized carbons (Fsp3) is 0.333. The van der Waals surface area contributed by atoms with Crippen molar-refractivity contribution in [1.29, 1.82) is 0 Å². The lowest BCUT2D eigenvalue weighted by Gasteiger charge is -2.07.